The molecule has 0 saturated heterocycles. The van der Waals surface area contributed by atoms with E-state index in [1.807, 2.05) is 32.9 Å². The van der Waals surface area contributed by atoms with Gasteiger partial charge in [-0.3, -0.25) is 19.4 Å². The Morgan fingerprint density at radius 2 is 1.85 bits per heavy atom. The van der Waals surface area contributed by atoms with Crippen molar-refractivity contribution in [1.29, 1.82) is 0 Å². The number of methoxy groups -OCH3 is 1. The zero-order chi connectivity index (χ0) is 26.8. The molecule has 0 fully saturated rings. The molecule has 0 spiro atoms. The first-order valence-electron chi connectivity index (χ1n) is 11.9. The second-order valence-corrected chi connectivity index (χ2v) is 10.5. The third kappa shape index (κ3) is 7.63. The van der Waals surface area contributed by atoms with Crippen LogP contribution in [0.5, 0.6) is 0 Å². The van der Waals surface area contributed by atoms with Crippen molar-refractivity contribution in [2.24, 2.45) is 22.7 Å². The summed E-state index contributed by atoms with van der Waals surface area (Å²) in [6, 6.07) is 0. The molecular formula is C27H37N3O7PdS-4. The molecule has 0 saturated carbocycles. The topological polar surface area (TPSA) is 156 Å². The van der Waals surface area contributed by atoms with Crippen LogP contribution in [-0.2, 0) is 44.9 Å². The molecule has 222 valence electrons. The number of rotatable bonds is 9. The maximum Gasteiger partial charge on any atom is 0.321 e. The zero-order valence-electron chi connectivity index (χ0n) is 23.4. The van der Waals surface area contributed by atoms with E-state index >= 15 is 0 Å². The second-order valence-electron chi connectivity index (χ2n) is 8.98. The SMILES string of the molecule is C/C=C1\N=C(C2=c3[n-]/c(=C\C)c(C)c3C(=O)[C@@H]2C(=O)OC)[C@@H](CCC(=O)NCCCS(=O)(=O)[O-])[C@@H]1C.[CH3-].[CH3-].[Pd]. The molecular weight excluding hydrogens is 617 g/mol. The Hall–Kier alpha value is -2.39. The van der Waals surface area contributed by atoms with E-state index in [-0.39, 0.29) is 78.2 Å². The molecule has 0 bridgehead atoms. The summed E-state index contributed by atoms with van der Waals surface area (Å²) in [5.41, 5.74) is 2.90. The summed E-state index contributed by atoms with van der Waals surface area (Å²) in [7, 11) is -3.09. The van der Waals surface area contributed by atoms with Crippen LogP contribution in [0.4, 0.5) is 0 Å². The van der Waals surface area contributed by atoms with Crippen LogP contribution >= 0.6 is 0 Å². The van der Waals surface area contributed by atoms with Crippen LogP contribution in [0.15, 0.2) is 16.8 Å². The Balaban J connectivity index is 0.00000481. The summed E-state index contributed by atoms with van der Waals surface area (Å²) in [4.78, 5) is 48.0. The number of ether oxygens (including phenoxy) is 1. The van der Waals surface area contributed by atoms with Crippen LogP contribution in [0.2, 0.25) is 0 Å². The van der Waals surface area contributed by atoms with Crippen molar-refractivity contribution in [2.45, 2.75) is 47.0 Å². The quantitative estimate of drug-likeness (QED) is 0.104. The minimum atomic E-state index is -4.33. The third-order valence-electron chi connectivity index (χ3n) is 6.81. The minimum absolute atomic E-state index is 0. The second kappa shape index (κ2) is 14.8. The predicted octanol–water partition coefficient (Wildman–Crippen LogP) is 1.23. The number of hydrogen-bond donors (Lipinski definition) is 1. The van der Waals surface area contributed by atoms with Crippen LogP contribution in [0, 0.1) is 39.5 Å². The maximum atomic E-state index is 13.4. The molecule has 0 aromatic carbocycles. The Morgan fingerprint density at radius 3 is 2.38 bits per heavy atom. The van der Waals surface area contributed by atoms with Gasteiger partial charge in [0.2, 0.25) is 5.91 Å². The molecule has 39 heavy (non-hydrogen) atoms. The number of carbonyl (C=O) groups excluding carboxylic acids is 3. The largest absolute Gasteiger partial charge is 0.748 e. The number of Topliss-reactive ketones (excluding diaryl/α,β-unsaturated/α-hetero) is 1. The van der Waals surface area contributed by atoms with Gasteiger partial charge in [-0.25, -0.2) is 8.42 Å². The summed E-state index contributed by atoms with van der Waals surface area (Å²) in [6.45, 7) is 7.54. The van der Waals surface area contributed by atoms with Gasteiger partial charge in [0.15, 0.2) is 5.78 Å². The van der Waals surface area contributed by atoms with E-state index in [1.165, 1.54) is 7.11 Å². The van der Waals surface area contributed by atoms with Gasteiger partial charge < -0.3 is 34.4 Å². The predicted molar refractivity (Wildman–Crippen MR) is 145 cm³/mol. The van der Waals surface area contributed by atoms with Crippen LogP contribution in [0.3, 0.4) is 0 Å². The van der Waals surface area contributed by atoms with Gasteiger partial charge in [-0.1, -0.05) is 18.6 Å². The molecule has 12 heteroatoms. The normalized spacial score (nSPS) is 21.5. The van der Waals surface area contributed by atoms with E-state index in [9.17, 15) is 27.4 Å². The first-order valence-corrected chi connectivity index (χ1v) is 13.4. The van der Waals surface area contributed by atoms with E-state index in [0.717, 1.165) is 5.70 Å². The average Bonchev–Trinajstić information content (AvgIpc) is 3.42. The molecule has 0 radical (unpaired) electrons. The summed E-state index contributed by atoms with van der Waals surface area (Å²) < 4.78 is 37.2. The molecule has 1 aliphatic carbocycles. The van der Waals surface area contributed by atoms with Crippen molar-refractivity contribution in [1.82, 2.24) is 10.3 Å². The number of aromatic nitrogens is 1. The van der Waals surface area contributed by atoms with Gasteiger partial charge in [0.05, 0.1) is 17.2 Å². The van der Waals surface area contributed by atoms with E-state index in [2.05, 4.69) is 10.3 Å². The van der Waals surface area contributed by atoms with Crippen LogP contribution in [-0.4, -0.2) is 55.7 Å². The van der Waals surface area contributed by atoms with Crippen molar-refractivity contribution in [3.63, 3.8) is 0 Å². The van der Waals surface area contributed by atoms with Crippen molar-refractivity contribution in [2.75, 3.05) is 19.4 Å². The first-order chi connectivity index (χ1) is 16.9. The van der Waals surface area contributed by atoms with E-state index < -0.39 is 27.8 Å². The fraction of sp³-hybridized carbons (Fsp3) is 0.481. The van der Waals surface area contributed by atoms with Gasteiger partial charge in [0, 0.05) is 67.9 Å². The standard InChI is InChI=1S/C25H33N3O7S.2CH3.Pd/c1-6-16-13(3)15(9-10-18(29)26-11-8-12-36(32,33)34)22(27-16)20-21(25(31)35-5)24(30)19-14(4)17(7-2)28-23(19)20;;;/h6-7,13,15,21H,8-12H2,1-5H3,(H3,26,27,28,29,32,33,34);2*1H3;/q;2*-1;/p-2/b16-6-,17-7-;;;/t13-,15-,21+;;;/m0.../s1. The zero-order valence-corrected chi connectivity index (χ0v) is 25.8. The summed E-state index contributed by atoms with van der Waals surface area (Å²) in [6.07, 6.45) is 4.22. The van der Waals surface area contributed by atoms with Gasteiger partial charge in [0.25, 0.3) is 0 Å². The molecule has 0 unspecified atom stereocenters. The Kier molecular flexibility index (Phi) is 13.9. The van der Waals surface area contributed by atoms with Gasteiger partial charge in [-0.05, 0) is 39.2 Å². The number of carbonyl (C=O) groups is 3. The summed E-state index contributed by atoms with van der Waals surface area (Å²) in [5, 5.41) is 3.74. The van der Waals surface area contributed by atoms with Crippen LogP contribution < -0.4 is 21.0 Å². The summed E-state index contributed by atoms with van der Waals surface area (Å²) in [5.74, 6) is -3.35. The molecule has 3 rings (SSSR count). The molecule has 1 aromatic rings. The number of esters is 1. The average molecular weight is 654 g/mol. The summed E-state index contributed by atoms with van der Waals surface area (Å²) >= 11 is 0. The van der Waals surface area contributed by atoms with Crippen molar-refractivity contribution in [3.05, 3.63) is 48.5 Å². The monoisotopic (exact) mass is 653 g/mol. The molecule has 2 heterocycles. The smallest absolute Gasteiger partial charge is 0.321 e. The van der Waals surface area contributed by atoms with Crippen molar-refractivity contribution >= 4 is 45.1 Å². The number of amides is 1. The number of nitrogens with zero attached hydrogens (tertiary/aromatic N) is 2. The van der Waals surface area contributed by atoms with Gasteiger partial charge >= 0.3 is 5.97 Å². The Labute approximate surface area is 244 Å². The number of allylic oxidation sites excluding steroid dienone is 2. The molecule has 2 aliphatic rings. The maximum absolute atomic E-state index is 13.4. The number of fused-ring (bicyclic) bond motifs is 1. The first kappa shape index (κ1) is 36.6. The Bertz CT molecular complexity index is 1380. The molecule has 1 aliphatic heterocycles. The van der Waals surface area contributed by atoms with Crippen molar-refractivity contribution in [3.8, 4) is 0 Å². The molecule has 1 amide bonds. The Morgan fingerprint density at radius 1 is 1.21 bits per heavy atom. The van der Waals surface area contributed by atoms with Crippen molar-refractivity contribution < 1.29 is 52.5 Å². The number of nitrogens with one attached hydrogen (secondary N) is 1. The van der Waals surface area contributed by atoms with E-state index in [0.29, 0.717) is 39.5 Å². The van der Waals surface area contributed by atoms with Crippen LogP contribution in [0.1, 0.15) is 56.0 Å². The third-order valence-corrected chi connectivity index (χ3v) is 7.60. The molecule has 1 N–H and O–H groups in total. The number of aliphatic imine (C=N–C) groups is 1. The van der Waals surface area contributed by atoms with Crippen LogP contribution in [0.25, 0.3) is 11.6 Å². The number of ketones is 1. The van der Waals surface area contributed by atoms with E-state index in [4.69, 9.17) is 9.73 Å². The minimum Gasteiger partial charge on any atom is -0.748 e. The van der Waals surface area contributed by atoms with Gasteiger partial charge in [0.1, 0.15) is 5.92 Å². The molecule has 3 atom stereocenters. The van der Waals surface area contributed by atoms with Gasteiger partial charge in [-0.15, -0.1) is 16.8 Å². The molecule has 10 nitrogen and oxygen atoms in total. The molecule has 1 aromatic heterocycles. The van der Waals surface area contributed by atoms with Gasteiger partial charge in [-0.2, -0.15) is 0 Å². The fourth-order valence-corrected chi connectivity index (χ4v) is 5.46. The fourth-order valence-electron chi connectivity index (χ4n) is 4.96. The number of hydrogen-bond acceptors (Lipinski definition) is 8. The van der Waals surface area contributed by atoms with E-state index in [1.54, 1.807) is 6.92 Å².